The Balaban J connectivity index is 1.49. The van der Waals surface area contributed by atoms with Crippen molar-refractivity contribution in [2.45, 2.75) is 51.4 Å². The number of rotatable bonds is 9. The zero-order valence-corrected chi connectivity index (χ0v) is 15.4. The van der Waals surface area contributed by atoms with Crippen LogP contribution in [-0.2, 0) is 14.3 Å². The Morgan fingerprint density at radius 3 is 1.92 bits per heavy atom. The molecule has 0 heterocycles. The molecule has 3 nitrogen and oxygen atoms in total. The fourth-order valence-electron chi connectivity index (χ4n) is 3.68. The van der Waals surface area contributed by atoms with Crippen LogP contribution in [0.15, 0.2) is 48.5 Å². The molecule has 26 heavy (non-hydrogen) atoms. The molecule has 2 aromatic carbocycles. The molecule has 0 unspecified atom stereocenters. The van der Waals surface area contributed by atoms with Crippen LogP contribution in [0.1, 0.15) is 62.5 Å². The predicted octanol–water partition coefficient (Wildman–Crippen LogP) is 5.27. The van der Waals surface area contributed by atoms with Crippen molar-refractivity contribution in [3.8, 4) is 11.1 Å². The Morgan fingerprint density at radius 2 is 1.35 bits per heavy atom. The van der Waals surface area contributed by atoms with Gasteiger partial charge in [-0.15, -0.1) is 0 Å². The summed E-state index contributed by atoms with van der Waals surface area (Å²) < 4.78 is 5.59. The molecule has 0 fully saturated rings. The van der Waals surface area contributed by atoms with Crippen molar-refractivity contribution in [1.82, 2.24) is 0 Å². The lowest BCUT2D eigenvalue weighted by atomic mass is 9.98. The van der Waals surface area contributed by atoms with Gasteiger partial charge in [0, 0.05) is 18.8 Å². The zero-order chi connectivity index (χ0) is 18.4. The van der Waals surface area contributed by atoms with Crippen LogP contribution < -0.4 is 0 Å². The van der Waals surface area contributed by atoms with E-state index >= 15 is 0 Å². The maximum absolute atomic E-state index is 12.1. The van der Waals surface area contributed by atoms with E-state index in [-0.39, 0.29) is 17.7 Å². The SMILES string of the molecule is CC(=O)CCCCCCC(=O)OCC1c2ccccc2-c2ccccc21. The minimum atomic E-state index is -0.126. The summed E-state index contributed by atoms with van der Waals surface area (Å²) in [6.45, 7) is 2.02. The van der Waals surface area contributed by atoms with E-state index in [4.69, 9.17) is 4.74 Å². The van der Waals surface area contributed by atoms with E-state index in [1.54, 1.807) is 6.92 Å². The molecule has 0 amide bonds. The lowest BCUT2D eigenvalue weighted by molar-refractivity contribution is -0.144. The number of benzene rings is 2. The number of carbonyl (C=O) groups excluding carboxylic acids is 2. The summed E-state index contributed by atoms with van der Waals surface area (Å²) in [5.74, 6) is 0.238. The topological polar surface area (TPSA) is 43.4 Å². The standard InChI is InChI=1S/C23H26O3/c1-17(24)10-4-2-3-5-15-23(25)26-16-22-20-13-8-6-11-18(20)19-12-7-9-14-21(19)22/h6-9,11-14,22H,2-5,10,15-16H2,1H3. The molecule has 1 aliphatic carbocycles. The van der Waals surface area contributed by atoms with Gasteiger partial charge in [-0.1, -0.05) is 61.4 Å². The van der Waals surface area contributed by atoms with E-state index in [9.17, 15) is 9.59 Å². The third-order valence-electron chi connectivity index (χ3n) is 5.03. The number of carbonyl (C=O) groups is 2. The molecule has 0 bridgehead atoms. The minimum absolute atomic E-state index is 0.126. The molecule has 0 saturated heterocycles. The fourth-order valence-corrected chi connectivity index (χ4v) is 3.68. The van der Waals surface area contributed by atoms with Gasteiger partial charge in [-0.05, 0) is 42.0 Å². The van der Waals surface area contributed by atoms with E-state index in [1.165, 1.54) is 22.3 Å². The van der Waals surface area contributed by atoms with Gasteiger partial charge < -0.3 is 9.53 Å². The van der Waals surface area contributed by atoms with Crippen LogP contribution in [0.2, 0.25) is 0 Å². The Labute approximate surface area is 155 Å². The molecule has 0 N–H and O–H groups in total. The van der Waals surface area contributed by atoms with Gasteiger partial charge in [0.15, 0.2) is 0 Å². The van der Waals surface area contributed by atoms with Crippen molar-refractivity contribution in [3.05, 3.63) is 59.7 Å². The van der Waals surface area contributed by atoms with Gasteiger partial charge in [0.2, 0.25) is 0 Å². The smallest absolute Gasteiger partial charge is 0.305 e. The fraction of sp³-hybridized carbons (Fsp3) is 0.391. The molecule has 0 aromatic heterocycles. The van der Waals surface area contributed by atoms with Crippen LogP contribution in [0.4, 0.5) is 0 Å². The molecular weight excluding hydrogens is 324 g/mol. The van der Waals surface area contributed by atoms with E-state index in [2.05, 4.69) is 36.4 Å². The molecule has 0 aliphatic heterocycles. The third-order valence-corrected chi connectivity index (χ3v) is 5.03. The van der Waals surface area contributed by atoms with Gasteiger partial charge in [0.1, 0.15) is 12.4 Å². The summed E-state index contributed by atoms with van der Waals surface area (Å²) in [6, 6.07) is 16.7. The van der Waals surface area contributed by atoms with Crippen molar-refractivity contribution in [3.63, 3.8) is 0 Å². The van der Waals surface area contributed by atoms with Crippen molar-refractivity contribution in [2.75, 3.05) is 6.61 Å². The Hall–Kier alpha value is -2.42. The van der Waals surface area contributed by atoms with Gasteiger partial charge in [-0.3, -0.25) is 4.79 Å². The number of fused-ring (bicyclic) bond motifs is 3. The first-order chi connectivity index (χ1) is 12.7. The molecule has 0 radical (unpaired) electrons. The number of esters is 1. The van der Waals surface area contributed by atoms with E-state index in [1.807, 2.05) is 12.1 Å². The Morgan fingerprint density at radius 1 is 0.808 bits per heavy atom. The molecule has 2 aromatic rings. The first-order valence-electron chi connectivity index (χ1n) is 9.50. The van der Waals surface area contributed by atoms with Crippen LogP contribution in [0, 0.1) is 0 Å². The minimum Gasteiger partial charge on any atom is -0.465 e. The van der Waals surface area contributed by atoms with Crippen LogP contribution >= 0.6 is 0 Å². The predicted molar refractivity (Wildman–Crippen MR) is 103 cm³/mol. The summed E-state index contributed by atoms with van der Waals surface area (Å²) >= 11 is 0. The van der Waals surface area contributed by atoms with Crippen molar-refractivity contribution in [2.24, 2.45) is 0 Å². The Kier molecular flexibility index (Phi) is 6.21. The van der Waals surface area contributed by atoms with E-state index in [0.29, 0.717) is 19.4 Å². The highest BCUT2D eigenvalue weighted by molar-refractivity contribution is 5.79. The second-order valence-electron chi connectivity index (χ2n) is 7.03. The molecule has 0 atom stereocenters. The third kappa shape index (κ3) is 4.40. The quantitative estimate of drug-likeness (QED) is 0.457. The lowest BCUT2D eigenvalue weighted by Gasteiger charge is -2.14. The Bertz CT molecular complexity index is 733. The highest BCUT2D eigenvalue weighted by atomic mass is 16.5. The molecule has 136 valence electrons. The van der Waals surface area contributed by atoms with Crippen LogP contribution in [0.25, 0.3) is 11.1 Å². The highest BCUT2D eigenvalue weighted by Crippen LogP contribution is 2.44. The second kappa shape index (κ2) is 8.79. The van der Waals surface area contributed by atoms with Gasteiger partial charge >= 0.3 is 5.97 Å². The summed E-state index contributed by atoms with van der Waals surface area (Å²) in [5, 5.41) is 0. The molecule has 0 spiro atoms. The summed E-state index contributed by atoms with van der Waals surface area (Å²) in [5.41, 5.74) is 4.97. The van der Waals surface area contributed by atoms with Gasteiger partial charge in [-0.25, -0.2) is 0 Å². The highest BCUT2D eigenvalue weighted by Gasteiger charge is 2.28. The van der Waals surface area contributed by atoms with Crippen molar-refractivity contribution in [1.29, 1.82) is 0 Å². The number of unbranched alkanes of at least 4 members (excludes halogenated alkanes) is 3. The normalized spacial score (nSPS) is 12.5. The second-order valence-corrected chi connectivity index (χ2v) is 7.03. The van der Waals surface area contributed by atoms with Crippen LogP contribution in [-0.4, -0.2) is 18.4 Å². The summed E-state index contributed by atoms with van der Waals surface area (Å²) in [7, 11) is 0. The molecule has 1 aliphatic rings. The average molecular weight is 350 g/mol. The summed E-state index contributed by atoms with van der Waals surface area (Å²) in [6.07, 6.45) is 4.81. The largest absolute Gasteiger partial charge is 0.465 e. The molecule has 3 rings (SSSR count). The first-order valence-corrected chi connectivity index (χ1v) is 9.50. The molecule has 3 heteroatoms. The van der Waals surface area contributed by atoms with E-state index < -0.39 is 0 Å². The monoisotopic (exact) mass is 350 g/mol. The van der Waals surface area contributed by atoms with Gasteiger partial charge in [0.25, 0.3) is 0 Å². The average Bonchev–Trinajstić information content (AvgIpc) is 2.96. The number of hydrogen-bond donors (Lipinski definition) is 0. The maximum Gasteiger partial charge on any atom is 0.305 e. The number of hydrogen-bond acceptors (Lipinski definition) is 3. The zero-order valence-electron chi connectivity index (χ0n) is 15.4. The number of ether oxygens (including phenoxy) is 1. The number of ketones is 1. The van der Waals surface area contributed by atoms with Crippen molar-refractivity contribution < 1.29 is 14.3 Å². The van der Waals surface area contributed by atoms with Gasteiger partial charge in [0.05, 0.1) is 0 Å². The summed E-state index contributed by atoms with van der Waals surface area (Å²) in [4.78, 5) is 23.0. The lowest BCUT2D eigenvalue weighted by Crippen LogP contribution is -2.12. The van der Waals surface area contributed by atoms with E-state index in [0.717, 1.165) is 25.7 Å². The molecule has 0 saturated carbocycles. The molecular formula is C23H26O3. The van der Waals surface area contributed by atoms with Crippen LogP contribution in [0.3, 0.4) is 0 Å². The number of Topliss-reactive ketones (excluding diaryl/α,β-unsaturated/α-hetero) is 1. The van der Waals surface area contributed by atoms with Crippen molar-refractivity contribution >= 4 is 11.8 Å². The van der Waals surface area contributed by atoms with Crippen LogP contribution in [0.5, 0.6) is 0 Å². The maximum atomic E-state index is 12.1. The van der Waals surface area contributed by atoms with Gasteiger partial charge in [-0.2, -0.15) is 0 Å². The first kappa shape index (κ1) is 18.4.